The monoisotopic (exact) mass is 487 g/mol. The zero-order valence-electron chi connectivity index (χ0n) is 19.0. The van der Waals surface area contributed by atoms with Crippen LogP contribution in [0.5, 0.6) is 0 Å². The van der Waals surface area contributed by atoms with Gasteiger partial charge in [-0.25, -0.2) is 13.2 Å². The molecule has 0 saturated heterocycles. The third-order valence-electron chi connectivity index (χ3n) is 6.13. The molecule has 0 radical (unpaired) electrons. The van der Waals surface area contributed by atoms with Gasteiger partial charge in [-0.15, -0.1) is 0 Å². The molecular weight excluding hydrogens is 464 g/mol. The number of fused-ring (bicyclic) bond motifs is 1. The smallest absolute Gasteiger partial charge is 0.261 e. The van der Waals surface area contributed by atoms with E-state index >= 15 is 4.39 Å². The van der Waals surface area contributed by atoms with Crippen LogP contribution >= 0.6 is 0 Å². The van der Waals surface area contributed by atoms with Crippen LogP contribution in [-0.4, -0.2) is 4.98 Å². The molecule has 0 N–H and O–H groups in total. The van der Waals surface area contributed by atoms with Crippen LogP contribution < -0.4 is 0 Å². The quantitative estimate of drug-likeness (QED) is 0.242. The first-order valence-electron chi connectivity index (χ1n) is 11.3. The predicted molar refractivity (Wildman–Crippen MR) is 124 cm³/mol. The maximum absolute atomic E-state index is 15.1. The molecule has 0 amide bonds. The van der Waals surface area contributed by atoms with Crippen molar-refractivity contribution in [2.45, 2.75) is 45.2 Å². The molecule has 0 aliphatic heterocycles. The topological polar surface area (TPSA) is 12.9 Å². The first kappa shape index (κ1) is 24.8. The SMILES string of the molecule is CCc1ccc(CCc2ccc3c(F)c(CCc4cc(F)c(C(F)(F)F)c(F)c4)ccc3c2)nc1. The molecule has 0 aliphatic rings. The minimum absolute atomic E-state index is 0.00366. The molecule has 3 aromatic carbocycles. The first-order valence-corrected chi connectivity index (χ1v) is 11.3. The summed E-state index contributed by atoms with van der Waals surface area (Å²) in [4.78, 5) is 4.46. The molecule has 182 valence electrons. The molecule has 4 rings (SSSR count). The van der Waals surface area contributed by atoms with E-state index in [0.717, 1.165) is 35.9 Å². The fourth-order valence-electron chi connectivity index (χ4n) is 4.14. The Hall–Kier alpha value is -3.35. The van der Waals surface area contributed by atoms with Gasteiger partial charge in [-0.1, -0.05) is 43.3 Å². The summed E-state index contributed by atoms with van der Waals surface area (Å²) in [6.07, 6.45) is -0.710. The number of rotatable bonds is 7. The fourth-order valence-corrected chi connectivity index (χ4v) is 4.14. The van der Waals surface area contributed by atoms with Crippen LogP contribution in [-0.2, 0) is 38.3 Å². The predicted octanol–water partition coefficient (Wildman–Crippen LogP) is 7.80. The third kappa shape index (κ3) is 5.66. The van der Waals surface area contributed by atoms with Crippen molar-refractivity contribution in [3.8, 4) is 0 Å². The number of hydrogen-bond donors (Lipinski definition) is 0. The van der Waals surface area contributed by atoms with Crippen molar-refractivity contribution in [3.05, 3.63) is 112 Å². The molecule has 0 bridgehead atoms. The highest BCUT2D eigenvalue weighted by molar-refractivity contribution is 5.84. The summed E-state index contributed by atoms with van der Waals surface area (Å²) in [6.45, 7) is 2.07. The van der Waals surface area contributed by atoms with Crippen molar-refractivity contribution >= 4 is 10.8 Å². The number of nitrogens with zero attached hydrogens (tertiary/aromatic N) is 1. The van der Waals surface area contributed by atoms with Gasteiger partial charge in [0.25, 0.3) is 0 Å². The Morgan fingerprint density at radius 2 is 1.40 bits per heavy atom. The molecule has 0 unspecified atom stereocenters. The van der Waals surface area contributed by atoms with Crippen LogP contribution in [0.2, 0.25) is 0 Å². The Balaban J connectivity index is 1.47. The summed E-state index contributed by atoms with van der Waals surface area (Å²) in [5.74, 6) is -3.79. The summed E-state index contributed by atoms with van der Waals surface area (Å²) in [6, 6.07) is 14.2. The van der Waals surface area contributed by atoms with E-state index in [9.17, 15) is 22.0 Å². The molecule has 0 aliphatic carbocycles. The highest BCUT2D eigenvalue weighted by atomic mass is 19.4. The average molecular weight is 487 g/mol. The lowest BCUT2D eigenvalue weighted by atomic mass is 9.97. The Kier molecular flexibility index (Phi) is 7.15. The van der Waals surface area contributed by atoms with Crippen LogP contribution in [0.1, 0.15) is 40.4 Å². The summed E-state index contributed by atoms with van der Waals surface area (Å²) in [7, 11) is 0. The number of aromatic nitrogens is 1. The molecule has 0 fully saturated rings. The first-order chi connectivity index (χ1) is 16.7. The number of aryl methyl sites for hydroxylation is 5. The molecule has 1 nitrogen and oxygen atoms in total. The van der Waals surface area contributed by atoms with E-state index in [4.69, 9.17) is 0 Å². The van der Waals surface area contributed by atoms with Gasteiger partial charge in [-0.05, 0) is 77.9 Å². The van der Waals surface area contributed by atoms with E-state index in [1.807, 2.05) is 24.4 Å². The Morgan fingerprint density at radius 3 is 2.03 bits per heavy atom. The zero-order chi connectivity index (χ0) is 25.2. The number of pyridine rings is 1. The van der Waals surface area contributed by atoms with Crippen molar-refractivity contribution in [1.29, 1.82) is 0 Å². The molecule has 1 aromatic heterocycles. The van der Waals surface area contributed by atoms with Crippen LogP contribution in [0.15, 0.2) is 60.8 Å². The van der Waals surface area contributed by atoms with E-state index in [-0.39, 0.29) is 18.4 Å². The third-order valence-corrected chi connectivity index (χ3v) is 6.13. The van der Waals surface area contributed by atoms with E-state index in [2.05, 4.69) is 18.0 Å². The highest BCUT2D eigenvalue weighted by Gasteiger charge is 2.37. The zero-order valence-corrected chi connectivity index (χ0v) is 19.0. The van der Waals surface area contributed by atoms with Crippen LogP contribution in [0.25, 0.3) is 10.8 Å². The Morgan fingerprint density at radius 1 is 0.714 bits per heavy atom. The summed E-state index contributed by atoms with van der Waals surface area (Å²) in [5, 5.41) is 1.14. The number of alkyl halides is 3. The van der Waals surface area contributed by atoms with Crippen molar-refractivity contribution < 1.29 is 26.3 Å². The molecule has 35 heavy (non-hydrogen) atoms. The lowest BCUT2D eigenvalue weighted by molar-refractivity contribution is -0.142. The van der Waals surface area contributed by atoms with Gasteiger partial charge in [0.2, 0.25) is 0 Å². The van der Waals surface area contributed by atoms with Crippen molar-refractivity contribution in [2.24, 2.45) is 0 Å². The summed E-state index contributed by atoms with van der Waals surface area (Å²) < 4.78 is 81.0. The Bertz CT molecular complexity index is 1320. The number of benzene rings is 3. The van der Waals surface area contributed by atoms with Crippen LogP contribution in [0, 0.1) is 17.5 Å². The van der Waals surface area contributed by atoms with Gasteiger partial charge in [0.05, 0.1) is 0 Å². The number of hydrogen-bond acceptors (Lipinski definition) is 1. The lowest BCUT2D eigenvalue weighted by Gasteiger charge is -2.12. The second-order valence-electron chi connectivity index (χ2n) is 8.54. The minimum Gasteiger partial charge on any atom is -0.261 e. The molecule has 4 aromatic rings. The molecule has 0 saturated carbocycles. The molecular formula is C28H23F6N. The van der Waals surface area contributed by atoms with Gasteiger partial charge in [0.15, 0.2) is 0 Å². The largest absolute Gasteiger partial charge is 0.422 e. The highest BCUT2D eigenvalue weighted by Crippen LogP contribution is 2.34. The van der Waals surface area contributed by atoms with E-state index in [1.165, 1.54) is 5.56 Å². The molecule has 1 heterocycles. The second-order valence-corrected chi connectivity index (χ2v) is 8.54. The minimum atomic E-state index is -5.12. The molecule has 0 atom stereocenters. The second kappa shape index (κ2) is 10.1. The van der Waals surface area contributed by atoms with Gasteiger partial charge in [0.1, 0.15) is 23.0 Å². The van der Waals surface area contributed by atoms with E-state index in [1.54, 1.807) is 18.2 Å². The lowest BCUT2D eigenvalue weighted by Crippen LogP contribution is -2.12. The average Bonchev–Trinajstić information content (AvgIpc) is 2.81. The maximum atomic E-state index is 15.1. The maximum Gasteiger partial charge on any atom is 0.422 e. The van der Waals surface area contributed by atoms with E-state index in [0.29, 0.717) is 23.1 Å². The van der Waals surface area contributed by atoms with Gasteiger partial charge in [-0.3, -0.25) is 4.98 Å². The van der Waals surface area contributed by atoms with Crippen molar-refractivity contribution in [1.82, 2.24) is 4.98 Å². The summed E-state index contributed by atoms with van der Waals surface area (Å²) >= 11 is 0. The van der Waals surface area contributed by atoms with Crippen LogP contribution in [0.4, 0.5) is 26.3 Å². The van der Waals surface area contributed by atoms with Gasteiger partial charge >= 0.3 is 6.18 Å². The normalized spacial score (nSPS) is 11.9. The van der Waals surface area contributed by atoms with Gasteiger partial charge in [0, 0.05) is 17.3 Å². The standard InChI is InChI=1S/C28H23F6N/c1-2-17-4-10-22(35-16-17)11-5-18-6-12-23-21(13-18)9-8-20(27(23)31)7-3-19-14-24(29)26(25(30)15-19)28(32,33)34/h4,6,8-10,12-16H,2-3,5,7,11H2,1H3. The van der Waals surface area contributed by atoms with Crippen molar-refractivity contribution in [2.75, 3.05) is 0 Å². The Labute approximate surface area is 199 Å². The number of halogens is 6. The molecule has 0 spiro atoms. The fraction of sp³-hybridized carbons (Fsp3) is 0.250. The van der Waals surface area contributed by atoms with Crippen molar-refractivity contribution in [3.63, 3.8) is 0 Å². The van der Waals surface area contributed by atoms with E-state index < -0.39 is 29.2 Å². The molecule has 7 heteroatoms. The van der Waals surface area contributed by atoms with Gasteiger partial charge in [-0.2, -0.15) is 13.2 Å². The summed E-state index contributed by atoms with van der Waals surface area (Å²) in [5.41, 5.74) is 1.65. The van der Waals surface area contributed by atoms with Gasteiger partial charge < -0.3 is 0 Å². The van der Waals surface area contributed by atoms with Crippen LogP contribution in [0.3, 0.4) is 0 Å².